The number of rotatable bonds is 4. The third-order valence-electron chi connectivity index (χ3n) is 2.86. The summed E-state index contributed by atoms with van der Waals surface area (Å²) in [6.07, 6.45) is 1.19. The Morgan fingerprint density at radius 3 is 2.68 bits per heavy atom. The summed E-state index contributed by atoms with van der Waals surface area (Å²) in [7, 11) is 0. The first kappa shape index (κ1) is 15.7. The van der Waals surface area contributed by atoms with Gasteiger partial charge in [0, 0.05) is 22.9 Å². The van der Waals surface area contributed by atoms with Crippen molar-refractivity contribution in [3.05, 3.63) is 62.7 Å². The van der Waals surface area contributed by atoms with E-state index in [1.165, 1.54) is 19.2 Å². The predicted molar refractivity (Wildman–Crippen MR) is 81.3 cm³/mol. The highest BCUT2D eigenvalue weighted by molar-refractivity contribution is 6.31. The fraction of sp³-hybridized carbons (Fsp3) is 0.0667. The zero-order valence-corrected chi connectivity index (χ0v) is 12.2. The zero-order valence-electron chi connectivity index (χ0n) is 11.4. The molecule has 7 heteroatoms. The van der Waals surface area contributed by atoms with Crippen molar-refractivity contribution in [3.63, 3.8) is 0 Å². The van der Waals surface area contributed by atoms with Crippen LogP contribution in [0.4, 0.5) is 11.4 Å². The highest BCUT2D eigenvalue weighted by Gasteiger charge is 2.11. The Bertz CT molecular complexity index is 787. The van der Waals surface area contributed by atoms with Gasteiger partial charge in [0.15, 0.2) is 5.78 Å². The van der Waals surface area contributed by atoms with E-state index in [0.717, 1.165) is 6.07 Å². The fourth-order valence-electron chi connectivity index (χ4n) is 1.78. The number of nitro benzene ring substituents is 1. The average molecular weight is 318 g/mol. The lowest BCUT2D eigenvalue weighted by atomic mass is 10.1. The average Bonchev–Trinajstić information content (AvgIpc) is 2.47. The molecule has 0 aliphatic rings. The van der Waals surface area contributed by atoms with E-state index in [1.807, 2.05) is 0 Å². The maximum Gasteiger partial charge on any atom is 0.263 e. The van der Waals surface area contributed by atoms with Gasteiger partial charge in [-0.3, -0.25) is 19.9 Å². The van der Waals surface area contributed by atoms with Crippen LogP contribution in [-0.2, 0) is 0 Å². The molecule has 2 aromatic carbocycles. The van der Waals surface area contributed by atoms with E-state index in [4.69, 9.17) is 11.6 Å². The van der Waals surface area contributed by atoms with E-state index < -0.39 is 16.4 Å². The van der Waals surface area contributed by atoms with Gasteiger partial charge in [0.05, 0.1) is 10.6 Å². The molecule has 0 bridgehead atoms. The number of benzene rings is 2. The first-order valence-electron chi connectivity index (χ1n) is 6.18. The van der Waals surface area contributed by atoms with Gasteiger partial charge in [-0.1, -0.05) is 23.7 Å². The Kier molecular flexibility index (Phi) is 4.53. The number of hydrogen-bond acceptors (Lipinski definition) is 5. The highest BCUT2D eigenvalue weighted by atomic mass is 35.5. The van der Waals surface area contributed by atoms with E-state index in [2.05, 4.69) is 4.99 Å². The number of nitro groups is 1. The van der Waals surface area contributed by atoms with Crippen molar-refractivity contribution in [2.75, 3.05) is 0 Å². The van der Waals surface area contributed by atoms with Crippen molar-refractivity contribution < 1.29 is 14.8 Å². The van der Waals surface area contributed by atoms with Crippen LogP contribution in [0.3, 0.4) is 0 Å². The van der Waals surface area contributed by atoms with Crippen LogP contribution in [0.1, 0.15) is 22.8 Å². The summed E-state index contributed by atoms with van der Waals surface area (Å²) in [4.78, 5) is 25.4. The highest BCUT2D eigenvalue weighted by Crippen LogP contribution is 2.30. The molecule has 0 heterocycles. The predicted octanol–water partition coefficient (Wildman–Crippen LogP) is 3.28. The van der Waals surface area contributed by atoms with Gasteiger partial charge < -0.3 is 5.11 Å². The largest absolute Gasteiger partial charge is 0.867 e. The number of halogens is 1. The number of ketones is 1. The minimum atomic E-state index is -0.790. The first-order chi connectivity index (χ1) is 10.4. The Morgan fingerprint density at radius 2 is 2.05 bits per heavy atom. The molecule has 0 atom stereocenters. The first-order valence-corrected chi connectivity index (χ1v) is 6.56. The molecule has 0 unspecified atom stereocenters. The molecule has 0 saturated heterocycles. The van der Waals surface area contributed by atoms with E-state index >= 15 is 0 Å². The lowest BCUT2D eigenvalue weighted by molar-refractivity contribution is -0.398. The van der Waals surface area contributed by atoms with Crippen LogP contribution in [0.2, 0.25) is 5.02 Å². The van der Waals surface area contributed by atoms with E-state index in [-0.39, 0.29) is 16.4 Å². The maximum atomic E-state index is 11.9. The monoisotopic (exact) mass is 317 g/mol. The van der Waals surface area contributed by atoms with Crippen LogP contribution in [0.5, 0.6) is 5.75 Å². The summed E-state index contributed by atoms with van der Waals surface area (Å²) < 4.78 is 0. The van der Waals surface area contributed by atoms with Gasteiger partial charge in [-0.05, 0) is 36.4 Å². The van der Waals surface area contributed by atoms with Gasteiger partial charge in [0.2, 0.25) is 0 Å². The third kappa shape index (κ3) is 3.48. The Balaban J connectivity index is 2.40. The van der Waals surface area contributed by atoms with Crippen molar-refractivity contribution in [2.45, 2.75) is 6.92 Å². The molecule has 0 N–H and O–H groups in total. The normalized spacial score (nSPS) is 10.8. The van der Waals surface area contributed by atoms with E-state index in [1.54, 1.807) is 24.3 Å². The van der Waals surface area contributed by atoms with Crippen molar-refractivity contribution in [3.8, 4) is 5.75 Å². The third-order valence-corrected chi connectivity index (χ3v) is 3.08. The number of aliphatic imine (C=N–C) groups is 1. The Labute approximate surface area is 130 Å². The number of nitrogens with zero attached hydrogens (tertiary/aromatic N) is 2. The molecule has 0 saturated carbocycles. The van der Waals surface area contributed by atoms with Crippen LogP contribution >= 0.6 is 11.6 Å². The molecule has 0 aromatic heterocycles. The minimum absolute atomic E-state index is 0.00688. The number of carbonyl (C=O) groups is 1. The van der Waals surface area contributed by atoms with Crippen molar-refractivity contribution in [1.29, 1.82) is 0 Å². The molecule has 0 amide bonds. The van der Waals surface area contributed by atoms with E-state index in [0.29, 0.717) is 11.3 Å². The Hall–Kier alpha value is -2.73. The second kappa shape index (κ2) is 6.36. The van der Waals surface area contributed by atoms with E-state index in [9.17, 15) is 20.0 Å². The van der Waals surface area contributed by atoms with Crippen LogP contribution in [-0.4, -0.2) is 16.9 Å². The molecule has 6 nitrogen and oxygen atoms in total. The SMILES string of the molecule is CC(=O)c1cccc(N=Cc2cc(Cl)cc([N+](=O)[O-])c2[O-])c1. The summed E-state index contributed by atoms with van der Waals surface area (Å²) >= 11 is 5.76. The zero-order chi connectivity index (χ0) is 16.3. The maximum absolute atomic E-state index is 11.9. The second-order valence-corrected chi connectivity index (χ2v) is 4.90. The lowest BCUT2D eigenvalue weighted by Gasteiger charge is -2.10. The fourth-order valence-corrected chi connectivity index (χ4v) is 2.00. The number of carbonyl (C=O) groups excluding carboxylic acids is 1. The molecule has 2 aromatic rings. The molecule has 0 aliphatic carbocycles. The molecular formula is C15H10ClN2O4-. The van der Waals surface area contributed by atoms with Crippen molar-refractivity contribution in [1.82, 2.24) is 0 Å². The summed E-state index contributed by atoms with van der Waals surface area (Å²) in [6.45, 7) is 1.43. The molecule has 112 valence electrons. The molecule has 0 aliphatic heterocycles. The van der Waals surface area contributed by atoms with Crippen LogP contribution < -0.4 is 5.11 Å². The van der Waals surface area contributed by atoms with Crippen LogP contribution in [0.15, 0.2) is 41.4 Å². The lowest BCUT2D eigenvalue weighted by Crippen LogP contribution is -2.02. The van der Waals surface area contributed by atoms with Crippen LogP contribution in [0, 0.1) is 10.1 Å². The van der Waals surface area contributed by atoms with Crippen LogP contribution in [0.25, 0.3) is 0 Å². The summed E-state index contributed by atoms with van der Waals surface area (Å²) in [5, 5.41) is 22.8. The van der Waals surface area contributed by atoms with Gasteiger partial charge in [0.1, 0.15) is 0 Å². The van der Waals surface area contributed by atoms with Crippen molar-refractivity contribution >= 4 is 35.0 Å². The standard InChI is InChI=1S/C15H11ClN2O4/c1-9(19)10-3-2-4-13(6-10)17-8-11-5-12(16)7-14(15(11)20)18(21)22/h2-8,20H,1H3/p-1. The number of Topliss-reactive ketones (excluding diaryl/α,β-unsaturated/α-hetero) is 1. The summed E-state index contributed by atoms with van der Waals surface area (Å²) in [5.74, 6) is -0.874. The summed E-state index contributed by atoms with van der Waals surface area (Å²) in [5.41, 5.74) is 0.336. The van der Waals surface area contributed by atoms with Gasteiger partial charge >= 0.3 is 0 Å². The van der Waals surface area contributed by atoms with Gasteiger partial charge in [0.25, 0.3) is 5.69 Å². The Morgan fingerprint density at radius 1 is 1.32 bits per heavy atom. The van der Waals surface area contributed by atoms with Gasteiger partial charge in [-0.15, -0.1) is 0 Å². The minimum Gasteiger partial charge on any atom is -0.867 e. The quantitative estimate of drug-likeness (QED) is 0.374. The molecule has 0 spiro atoms. The summed E-state index contributed by atoms with van der Waals surface area (Å²) in [6, 6.07) is 8.80. The topological polar surface area (TPSA) is 95.6 Å². The molecule has 0 radical (unpaired) electrons. The smallest absolute Gasteiger partial charge is 0.263 e. The van der Waals surface area contributed by atoms with Gasteiger partial charge in [-0.2, -0.15) is 0 Å². The second-order valence-electron chi connectivity index (χ2n) is 4.47. The molecular weight excluding hydrogens is 308 g/mol. The molecule has 0 fully saturated rings. The van der Waals surface area contributed by atoms with Gasteiger partial charge in [-0.25, -0.2) is 0 Å². The molecule has 22 heavy (non-hydrogen) atoms. The number of hydrogen-bond donors (Lipinski definition) is 0. The molecule has 2 rings (SSSR count). The van der Waals surface area contributed by atoms with Crippen molar-refractivity contribution in [2.24, 2.45) is 4.99 Å².